The highest BCUT2D eigenvalue weighted by molar-refractivity contribution is 7.47. The van der Waals surface area contributed by atoms with Crippen LogP contribution in [0.5, 0.6) is 0 Å². The highest BCUT2D eigenvalue weighted by Gasteiger charge is 2.63. The fraction of sp³-hybridized carbons (Fsp3) is 0.698. The highest BCUT2D eigenvalue weighted by atomic mass is 31.2. The number of hydrogen-bond donors (Lipinski definition) is 16. The monoisotopic (exact) mass is 1440 g/mol. The third kappa shape index (κ3) is 23.8. The number of rotatable bonds is 35. The molecule has 0 radical (unpaired) electrons. The van der Waals surface area contributed by atoms with Gasteiger partial charge in [-0.2, -0.15) is 0 Å². The average molecular weight is 1440 g/mol. The summed E-state index contributed by atoms with van der Waals surface area (Å²) in [7, 11) is -5.79. The molecule has 4 saturated heterocycles. The van der Waals surface area contributed by atoms with Crippen LogP contribution >= 0.6 is 7.82 Å². The largest absolute Gasteiger partial charge is 0.510 e. The van der Waals surface area contributed by atoms with Crippen molar-refractivity contribution in [3.05, 3.63) is 70.7 Å². The molecule has 4 aliphatic heterocycles. The van der Waals surface area contributed by atoms with Crippen molar-refractivity contribution in [1.29, 1.82) is 0 Å². The van der Waals surface area contributed by atoms with E-state index >= 15 is 0 Å². The van der Waals surface area contributed by atoms with Crippen LogP contribution in [-0.2, 0) is 85.0 Å². The van der Waals surface area contributed by atoms with Gasteiger partial charge in [0.25, 0.3) is 5.91 Å². The number of nitrogens with one attached hydrogen (secondary N) is 3. The molecule has 4 fully saturated rings. The predicted molar refractivity (Wildman–Crippen MR) is 339 cm³/mol. The van der Waals surface area contributed by atoms with E-state index in [4.69, 9.17) is 57.4 Å². The maximum atomic E-state index is 13.8. The number of carbonyl (C=O) groups excluding carboxylic acids is 5. The van der Waals surface area contributed by atoms with Crippen LogP contribution in [0.25, 0.3) is 0 Å². The van der Waals surface area contributed by atoms with Gasteiger partial charge >= 0.3 is 25.9 Å². The lowest BCUT2D eigenvalue weighted by atomic mass is 9.85. The van der Waals surface area contributed by atoms with Gasteiger partial charge < -0.3 is 125 Å². The summed E-state index contributed by atoms with van der Waals surface area (Å²) in [6, 6.07) is -3.92. The first-order chi connectivity index (χ1) is 46.2. The molecule has 0 aromatic carbocycles. The number of aliphatic hydroxyl groups excluding tert-OH is 8. The molecule has 1 unspecified atom stereocenters. The van der Waals surface area contributed by atoms with E-state index in [0.717, 1.165) is 64.0 Å². The van der Waals surface area contributed by atoms with Gasteiger partial charge in [-0.05, 0) is 85.0 Å². The molecule has 17 N–H and O–H groups in total. The van der Waals surface area contributed by atoms with Gasteiger partial charge in [-0.3, -0.25) is 28.2 Å². The first kappa shape index (κ1) is 83.7. The number of primary amides is 1. The summed E-state index contributed by atoms with van der Waals surface area (Å²) >= 11 is 0. The lowest BCUT2D eigenvalue weighted by Crippen LogP contribution is -2.72. The van der Waals surface area contributed by atoms with E-state index in [-0.39, 0.29) is 24.9 Å². The van der Waals surface area contributed by atoms with Gasteiger partial charge in [-0.25, -0.2) is 18.9 Å². The normalized spacial score (nSPS) is 33.3. The van der Waals surface area contributed by atoms with Crippen molar-refractivity contribution in [2.24, 2.45) is 11.1 Å². The van der Waals surface area contributed by atoms with Gasteiger partial charge in [-0.15, -0.1) is 0 Å². The van der Waals surface area contributed by atoms with Crippen LogP contribution in [0, 0.1) is 5.41 Å². The van der Waals surface area contributed by atoms with Crippen LogP contribution in [0.15, 0.2) is 70.7 Å². The van der Waals surface area contributed by atoms with E-state index in [2.05, 4.69) is 75.4 Å². The van der Waals surface area contributed by atoms with Crippen LogP contribution in [0.1, 0.15) is 120 Å². The summed E-state index contributed by atoms with van der Waals surface area (Å²) < 4.78 is 75.4. The number of nitrogens with two attached hydrogens (primary N) is 1. The number of carboxylic acid groups (broad SMARTS) is 2. The highest BCUT2D eigenvalue weighted by Crippen LogP contribution is 2.49. The van der Waals surface area contributed by atoms with Crippen molar-refractivity contribution in [1.82, 2.24) is 16.0 Å². The zero-order chi connectivity index (χ0) is 74.2. The standard InChI is InChI=1S/C63H97N4O31P/c1-29(2)14-13-16-30(3)17-18-32(5)21-24-62(8,9)23-12-11-15-31(4)22-25-88-39(55(80)81)28-89-99(86,87)98-60-51(52(97-61(64)84)63(10,85)53(96-60)56(82)83)95-58-42(66-34(7)71)43(74)48(37(26-68)91-58)92-57-41(65-33(6)70)44(75)49(38(27-69)90-57)93-59-47(78)45(76)46(77)50(94-59)54(79)67-40-35(72)19-20-36(40)73/h12,14,17,22-23,37-39,41-53,57-60,68-69,72,74-78,85H,5,11,13,15-16,18-21,24-28H2,1-4,6-10H3,(H2,64,84)(H,65,70)(H,66,71)(H,67,79)(H,80,81)(H,82,83)(H,86,87)/b23-12+,30-17+,31-22-/t37-,38-,39-,41-,42-,43-,44-,45+,46-,47-,48-,49-,50+,51-,52-,53-,57+,58+,59-,60-,63+/m1/s1. The number of allylic oxidation sites excluding steroid dienone is 10. The summed E-state index contributed by atoms with van der Waals surface area (Å²) in [5.41, 5.74) is 6.28. The lowest BCUT2D eigenvalue weighted by molar-refractivity contribution is -0.372. The second-order valence-electron chi connectivity index (χ2n) is 26.0. The molecule has 5 aliphatic rings. The zero-order valence-corrected chi connectivity index (χ0v) is 57.4. The first-order valence-corrected chi connectivity index (χ1v) is 33.4. The quantitative estimate of drug-likeness (QED) is 0.0287. The van der Waals surface area contributed by atoms with Crippen molar-refractivity contribution in [3.63, 3.8) is 0 Å². The third-order valence-electron chi connectivity index (χ3n) is 16.8. The number of aliphatic carboxylic acids is 2. The zero-order valence-electron chi connectivity index (χ0n) is 56.5. The number of ketones is 1. The fourth-order valence-electron chi connectivity index (χ4n) is 11.2. The number of aliphatic hydroxyl groups is 9. The van der Waals surface area contributed by atoms with E-state index in [9.17, 15) is 99.2 Å². The van der Waals surface area contributed by atoms with E-state index in [1.807, 2.05) is 6.08 Å². The fourth-order valence-corrected chi connectivity index (χ4v) is 12.1. The molecule has 4 amide bonds. The number of carboxylic acids is 2. The van der Waals surface area contributed by atoms with Crippen LogP contribution in [-0.4, -0.2) is 257 Å². The van der Waals surface area contributed by atoms with Crippen LogP contribution in [0.3, 0.4) is 0 Å². The van der Waals surface area contributed by atoms with Crippen molar-refractivity contribution in [2.45, 2.75) is 248 Å². The Kier molecular flexibility index (Phi) is 31.5. The van der Waals surface area contributed by atoms with Crippen molar-refractivity contribution in [3.8, 4) is 0 Å². The van der Waals surface area contributed by atoms with Gasteiger partial charge in [0.05, 0.1) is 26.4 Å². The van der Waals surface area contributed by atoms with E-state index in [0.29, 0.717) is 12.8 Å². The van der Waals surface area contributed by atoms with E-state index < -0.39 is 209 Å². The Hall–Kier alpha value is -6.00. The molecule has 35 nitrogen and oxygen atoms in total. The predicted octanol–water partition coefficient (Wildman–Crippen LogP) is -0.280. The number of phosphoric ester groups is 1. The first-order valence-electron chi connectivity index (χ1n) is 31.9. The van der Waals surface area contributed by atoms with Gasteiger partial charge in [0, 0.05) is 26.7 Å². The molecule has 560 valence electrons. The minimum absolute atomic E-state index is 0.122. The second-order valence-corrected chi connectivity index (χ2v) is 27.4. The average Bonchev–Trinajstić information content (AvgIpc) is 1.26. The topological polar surface area (TPSA) is 543 Å². The van der Waals surface area contributed by atoms with Gasteiger partial charge in [0.1, 0.15) is 84.1 Å². The minimum atomic E-state index is -5.79. The number of amides is 4. The molecule has 36 heteroatoms. The molecule has 5 rings (SSSR count). The maximum absolute atomic E-state index is 13.8. The SMILES string of the molecule is C=C(C/C=C(\C)CCC=C(C)C)CCC(C)(C)/C=C/CC/C(C)=C\CO[C@H](COP(=O)(O)O[C@H]1O[C@H](C(=O)O)[C@@](C)(O)[C@H](OC(N)=O)[C@H]1O[C@@H]1O[C@H](CO)[C@@H](O[C@@H]2O[C@H](CO)[C@@H](O[C@@H]3O[C@H](C(=O)NC4=C(O)CCC4=O)[C@H](O)[C@H](O)[C@H]3O)[C@H](O)[C@H]2NC(C)=O)[C@H](O)[C@H]1NC(C)=O)C(=O)O. The second kappa shape index (κ2) is 37.3. The van der Waals surface area contributed by atoms with Gasteiger partial charge in [0.2, 0.25) is 11.8 Å². The summed E-state index contributed by atoms with van der Waals surface area (Å²) in [5.74, 6) is -8.08. The smallest absolute Gasteiger partial charge is 0.474 e. The molecule has 0 aromatic rings. The molecule has 4 heterocycles. The number of carbonyl (C=O) groups is 7. The molecular formula is C63H97N4O31P. The molecular weight excluding hydrogens is 1340 g/mol. The molecule has 22 atom stereocenters. The Morgan fingerprint density at radius 2 is 1.30 bits per heavy atom. The van der Waals surface area contributed by atoms with Crippen molar-refractivity contribution >= 4 is 49.4 Å². The Morgan fingerprint density at radius 1 is 0.747 bits per heavy atom. The van der Waals surface area contributed by atoms with Crippen LogP contribution in [0.2, 0.25) is 0 Å². The maximum Gasteiger partial charge on any atom is 0.474 e. The molecule has 0 bridgehead atoms. The number of phosphoric acid groups is 1. The number of ether oxygens (including phenoxy) is 9. The summed E-state index contributed by atoms with van der Waals surface area (Å²) in [6.07, 6.45) is -25.8. The lowest BCUT2D eigenvalue weighted by Gasteiger charge is -2.51. The molecule has 0 spiro atoms. The Bertz CT molecular complexity index is 3040. The Labute approximate surface area is 571 Å². The molecule has 0 aromatic heterocycles. The van der Waals surface area contributed by atoms with E-state index in [1.54, 1.807) is 13.0 Å². The molecule has 1 aliphatic carbocycles. The molecule has 99 heavy (non-hydrogen) atoms. The third-order valence-corrected chi connectivity index (χ3v) is 17.8. The van der Waals surface area contributed by atoms with Crippen molar-refractivity contribution in [2.75, 3.05) is 26.4 Å². The minimum Gasteiger partial charge on any atom is -0.510 e. The summed E-state index contributed by atoms with van der Waals surface area (Å²) in [5, 5.41) is 127. The summed E-state index contributed by atoms with van der Waals surface area (Å²) in [6.45, 7) is 15.3. The Balaban J connectivity index is 1.31. The summed E-state index contributed by atoms with van der Waals surface area (Å²) in [4.78, 5) is 99.9. The van der Waals surface area contributed by atoms with Crippen molar-refractivity contribution < 1.29 is 151 Å². The van der Waals surface area contributed by atoms with Gasteiger partial charge in [0.15, 0.2) is 61.5 Å². The number of hydrogen-bond acceptors (Lipinski definition) is 28. The number of Topliss-reactive ketones (excluding diaryl/α,β-unsaturated/α-hetero) is 1. The van der Waals surface area contributed by atoms with E-state index in [1.165, 1.54) is 11.1 Å². The van der Waals surface area contributed by atoms with Gasteiger partial charge in [-0.1, -0.05) is 73.1 Å². The Morgan fingerprint density at radius 3 is 1.82 bits per heavy atom. The van der Waals surface area contributed by atoms with Crippen LogP contribution < -0.4 is 21.7 Å². The molecule has 0 saturated carbocycles. The van der Waals surface area contributed by atoms with Crippen LogP contribution in [0.4, 0.5) is 4.79 Å².